The predicted octanol–water partition coefficient (Wildman–Crippen LogP) is 3.19. The molecule has 32 heavy (non-hydrogen) atoms. The molecule has 3 amide bonds. The van der Waals surface area contributed by atoms with E-state index < -0.39 is 24.0 Å². The second kappa shape index (κ2) is 10.8. The van der Waals surface area contributed by atoms with Crippen molar-refractivity contribution in [2.75, 3.05) is 13.2 Å². The van der Waals surface area contributed by atoms with E-state index in [1.165, 1.54) is 0 Å². The molecule has 2 atom stereocenters. The molecule has 1 aliphatic heterocycles. The smallest absolute Gasteiger partial charge is 0.344 e. The van der Waals surface area contributed by atoms with Crippen molar-refractivity contribution in [1.82, 2.24) is 16.0 Å². The van der Waals surface area contributed by atoms with Crippen LogP contribution >= 0.6 is 15.9 Å². The van der Waals surface area contributed by atoms with Crippen LogP contribution in [0.25, 0.3) is 0 Å². The SMILES string of the molecule is C=C1NC(=O)N[C@@H](c2cc(Br)ccc2OCC(=O)OCC)[C@@H]1C(=O)NCc1ccccc1. The summed E-state index contributed by atoms with van der Waals surface area (Å²) < 4.78 is 11.3. The fraction of sp³-hybridized carbons (Fsp3) is 0.261. The van der Waals surface area contributed by atoms with Gasteiger partial charge in [0.2, 0.25) is 5.91 Å². The van der Waals surface area contributed by atoms with Gasteiger partial charge in [-0.15, -0.1) is 0 Å². The summed E-state index contributed by atoms with van der Waals surface area (Å²) in [6.07, 6.45) is 0. The zero-order valence-electron chi connectivity index (χ0n) is 17.5. The molecule has 0 bridgehead atoms. The van der Waals surface area contributed by atoms with Crippen LogP contribution in [0.15, 0.2) is 65.3 Å². The summed E-state index contributed by atoms with van der Waals surface area (Å²) in [6.45, 7) is 5.86. The van der Waals surface area contributed by atoms with Crippen LogP contribution in [-0.4, -0.2) is 31.1 Å². The Morgan fingerprint density at radius 2 is 1.94 bits per heavy atom. The average molecular weight is 502 g/mol. The molecule has 8 nitrogen and oxygen atoms in total. The van der Waals surface area contributed by atoms with E-state index in [4.69, 9.17) is 9.47 Å². The third-order valence-corrected chi connectivity index (χ3v) is 5.31. The number of nitrogens with one attached hydrogen (secondary N) is 3. The number of benzene rings is 2. The molecule has 1 aliphatic rings. The van der Waals surface area contributed by atoms with E-state index in [0.29, 0.717) is 17.9 Å². The largest absolute Gasteiger partial charge is 0.482 e. The second-order valence-corrected chi connectivity index (χ2v) is 7.97. The zero-order valence-corrected chi connectivity index (χ0v) is 19.1. The van der Waals surface area contributed by atoms with E-state index in [9.17, 15) is 14.4 Å². The minimum absolute atomic E-state index is 0.239. The van der Waals surface area contributed by atoms with Gasteiger partial charge < -0.3 is 25.4 Å². The van der Waals surface area contributed by atoms with Crippen molar-refractivity contribution in [3.05, 3.63) is 76.4 Å². The van der Waals surface area contributed by atoms with Gasteiger partial charge in [0.05, 0.1) is 12.6 Å². The number of esters is 1. The normalized spacial score (nSPS) is 17.7. The van der Waals surface area contributed by atoms with E-state index in [0.717, 1.165) is 10.0 Å². The summed E-state index contributed by atoms with van der Waals surface area (Å²) in [5.74, 6) is -1.29. The average Bonchev–Trinajstić information content (AvgIpc) is 2.77. The molecule has 1 heterocycles. The highest BCUT2D eigenvalue weighted by Crippen LogP contribution is 2.36. The Labute approximate surface area is 194 Å². The molecule has 0 saturated carbocycles. The molecule has 3 rings (SSSR count). The number of urea groups is 1. The third kappa shape index (κ3) is 5.88. The first-order valence-electron chi connectivity index (χ1n) is 10.0. The number of hydrogen-bond donors (Lipinski definition) is 3. The first-order chi connectivity index (χ1) is 15.4. The molecular formula is C23H24BrN3O5. The van der Waals surface area contributed by atoms with Gasteiger partial charge in [-0.2, -0.15) is 0 Å². The number of carbonyl (C=O) groups excluding carboxylic acids is 3. The summed E-state index contributed by atoms with van der Waals surface area (Å²) in [5.41, 5.74) is 1.73. The molecule has 1 saturated heterocycles. The highest BCUT2D eigenvalue weighted by atomic mass is 79.9. The lowest BCUT2D eigenvalue weighted by Gasteiger charge is -2.34. The Morgan fingerprint density at radius 1 is 1.19 bits per heavy atom. The van der Waals surface area contributed by atoms with E-state index in [-0.39, 0.29) is 24.8 Å². The van der Waals surface area contributed by atoms with Gasteiger partial charge in [0, 0.05) is 22.3 Å². The van der Waals surface area contributed by atoms with Gasteiger partial charge in [-0.05, 0) is 30.7 Å². The maximum atomic E-state index is 13.1. The van der Waals surface area contributed by atoms with Gasteiger partial charge >= 0.3 is 12.0 Å². The highest BCUT2D eigenvalue weighted by Gasteiger charge is 2.39. The summed E-state index contributed by atoms with van der Waals surface area (Å²) in [4.78, 5) is 37.1. The lowest BCUT2D eigenvalue weighted by atomic mass is 9.87. The summed E-state index contributed by atoms with van der Waals surface area (Å²) in [6, 6.07) is 13.4. The van der Waals surface area contributed by atoms with Crippen LogP contribution in [-0.2, 0) is 20.9 Å². The van der Waals surface area contributed by atoms with Gasteiger partial charge in [0.25, 0.3) is 0 Å². The Bertz CT molecular complexity index is 1010. The minimum Gasteiger partial charge on any atom is -0.482 e. The maximum Gasteiger partial charge on any atom is 0.344 e. The summed E-state index contributed by atoms with van der Waals surface area (Å²) >= 11 is 3.42. The van der Waals surface area contributed by atoms with Gasteiger partial charge in [-0.3, -0.25) is 4.79 Å². The quantitative estimate of drug-likeness (QED) is 0.481. The number of hydrogen-bond acceptors (Lipinski definition) is 5. The highest BCUT2D eigenvalue weighted by molar-refractivity contribution is 9.10. The molecule has 0 aromatic heterocycles. The Balaban J connectivity index is 1.86. The molecule has 0 spiro atoms. The fourth-order valence-electron chi connectivity index (χ4n) is 3.38. The molecule has 2 aromatic carbocycles. The van der Waals surface area contributed by atoms with Crippen molar-refractivity contribution in [2.24, 2.45) is 5.92 Å². The Kier molecular flexibility index (Phi) is 7.88. The van der Waals surface area contributed by atoms with Gasteiger partial charge in [-0.25, -0.2) is 9.59 Å². The lowest BCUT2D eigenvalue weighted by Crippen LogP contribution is -2.53. The molecule has 0 unspecified atom stereocenters. The van der Waals surface area contributed by atoms with E-state index in [2.05, 4.69) is 38.5 Å². The van der Waals surface area contributed by atoms with Crippen LogP contribution in [0, 0.1) is 5.92 Å². The van der Waals surface area contributed by atoms with Gasteiger partial charge in [0.1, 0.15) is 11.7 Å². The number of halogens is 1. The van der Waals surface area contributed by atoms with Gasteiger partial charge in [0.15, 0.2) is 6.61 Å². The van der Waals surface area contributed by atoms with Crippen molar-refractivity contribution >= 4 is 33.8 Å². The van der Waals surface area contributed by atoms with E-state index in [1.54, 1.807) is 25.1 Å². The standard InChI is InChI=1S/C23H24BrN3O5/c1-3-31-19(28)13-32-18-10-9-16(24)11-17(18)21-20(14(2)26-23(30)27-21)22(29)25-12-15-7-5-4-6-8-15/h4-11,20-21H,2-3,12-13H2,1H3,(H,25,29)(H2,26,27,30)/t20-,21+/m1/s1. The molecule has 9 heteroatoms. The van der Waals surface area contributed by atoms with Gasteiger partial charge in [-0.1, -0.05) is 52.8 Å². The molecule has 0 aliphatic carbocycles. The summed E-state index contributed by atoms with van der Waals surface area (Å²) in [7, 11) is 0. The molecular weight excluding hydrogens is 478 g/mol. The molecule has 1 fully saturated rings. The van der Waals surface area contributed by atoms with Crippen LogP contribution < -0.4 is 20.7 Å². The van der Waals surface area contributed by atoms with Crippen molar-refractivity contribution in [3.63, 3.8) is 0 Å². The fourth-order valence-corrected chi connectivity index (χ4v) is 3.76. The molecule has 2 aromatic rings. The molecule has 0 radical (unpaired) electrons. The molecule has 168 valence electrons. The molecule has 3 N–H and O–H groups in total. The van der Waals surface area contributed by atoms with Crippen LogP contribution in [0.2, 0.25) is 0 Å². The number of rotatable bonds is 8. The van der Waals surface area contributed by atoms with Crippen molar-refractivity contribution in [3.8, 4) is 5.75 Å². The number of amides is 3. The number of carbonyl (C=O) groups is 3. The maximum absolute atomic E-state index is 13.1. The Morgan fingerprint density at radius 3 is 2.66 bits per heavy atom. The minimum atomic E-state index is -0.810. The predicted molar refractivity (Wildman–Crippen MR) is 122 cm³/mol. The van der Waals surface area contributed by atoms with Crippen molar-refractivity contribution in [2.45, 2.75) is 19.5 Å². The van der Waals surface area contributed by atoms with Crippen molar-refractivity contribution < 1.29 is 23.9 Å². The van der Waals surface area contributed by atoms with Crippen LogP contribution in [0.1, 0.15) is 24.1 Å². The second-order valence-electron chi connectivity index (χ2n) is 7.06. The topological polar surface area (TPSA) is 106 Å². The van der Waals surface area contributed by atoms with Crippen molar-refractivity contribution in [1.29, 1.82) is 0 Å². The zero-order chi connectivity index (χ0) is 23.1. The lowest BCUT2D eigenvalue weighted by molar-refractivity contribution is -0.145. The first-order valence-corrected chi connectivity index (χ1v) is 10.8. The summed E-state index contributed by atoms with van der Waals surface area (Å²) in [5, 5.41) is 8.26. The Hall–Kier alpha value is -3.33. The number of ether oxygens (including phenoxy) is 2. The van der Waals surface area contributed by atoms with Crippen LogP contribution in [0.4, 0.5) is 4.79 Å². The monoisotopic (exact) mass is 501 g/mol. The first kappa shape index (κ1) is 23.3. The van der Waals surface area contributed by atoms with Crippen LogP contribution in [0.3, 0.4) is 0 Å². The van der Waals surface area contributed by atoms with Crippen LogP contribution in [0.5, 0.6) is 5.75 Å². The van der Waals surface area contributed by atoms with E-state index >= 15 is 0 Å². The van der Waals surface area contributed by atoms with E-state index in [1.807, 2.05) is 30.3 Å². The third-order valence-electron chi connectivity index (χ3n) is 4.82.